The molecule has 15 rings (SSSR count). The van der Waals surface area contributed by atoms with Gasteiger partial charge in [0.05, 0.1) is 22.7 Å². The molecule has 0 radical (unpaired) electrons. The van der Waals surface area contributed by atoms with Crippen molar-refractivity contribution < 1.29 is 4.42 Å². The lowest BCUT2D eigenvalue weighted by Gasteiger charge is -2.33. The minimum absolute atomic E-state index is 0.882. The molecule has 15 aromatic rings. The van der Waals surface area contributed by atoms with E-state index in [4.69, 9.17) is 4.42 Å². The third-order valence-corrected chi connectivity index (χ3v) is 16.4. The third-order valence-electron chi connectivity index (χ3n) is 16.4. The van der Waals surface area contributed by atoms with Gasteiger partial charge in [-0.05, 0) is 164 Å². The highest BCUT2D eigenvalue weighted by Gasteiger charge is 2.24. The highest BCUT2D eigenvalue weighted by molar-refractivity contribution is 6.06. The van der Waals surface area contributed by atoms with Gasteiger partial charge in [0.2, 0.25) is 0 Å². The van der Waals surface area contributed by atoms with Crippen molar-refractivity contribution in [1.29, 1.82) is 0 Å². The van der Waals surface area contributed by atoms with E-state index in [9.17, 15) is 0 Å². The Morgan fingerprint density at radius 3 is 0.965 bits per heavy atom. The van der Waals surface area contributed by atoms with E-state index in [2.05, 4.69) is 348 Å². The first-order valence-corrected chi connectivity index (χ1v) is 29.3. The number of para-hydroxylation sites is 3. The van der Waals surface area contributed by atoms with E-state index in [0.29, 0.717) is 0 Å². The molecule has 0 saturated carbocycles. The third kappa shape index (κ3) is 10.1. The molecule has 0 bridgehead atoms. The Balaban J connectivity index is 0.903. The van der Waals surface area contributed by atoms with Crippen LogP contribution in [0.2, 0.25) is 0 Å². The molecule has 14 aromatic carbocycles. The molecule has 1 heterocycles. The summed E-state index contributed by atoms with van der Waals surface area (Å²) in [7, 11) is 0. The van der Waals surface area contributed by atoms with Crippen LogP contribution in [-0.2, 0) is 0 Å². The molecule has 0 saturated heterocycles. The number of rotatable bonds is 14. The standard InChI is InChI=1S/C82H57N3O/c1-5-18-58(19-6-1)60-32-36-62(37-33-60)64-40-47-71(48-41-64)83(69-24-9-3-10-25-69)74-55-75(84(70-26-11-4-12-27-70)72-49-42-65(43-50-72)63-38-34-61(35-39-63)59-20-7-2-8-21-59)57-76(56-74)85(80-30-17-23-67-22-13-14-28-77(67)80)73-51-44-66(45-52-73)68-46-53-82-79(54-68)78-29-15-16-31-81(78)86-82/h1-57H. The predicted molar refractivity (Wildman–Crippen MR) is 362 cm³/mol. The second-order valence-electron chi connectivity index (χ2n) is 21.7. The van der Waals surface area contributed by atoms with Gasteiger partial charge in [-0.25, -0.2) is 0 Å². The van der Waals surface area contributed by atoms with Gasteiger partial charge in [0.15, 0.2) is 0 Å². The SMILES string of the molecule is c1ccc(-c2ccc(-c3ccc(N(c4ccccc4)c4cc(N(c5ccccc5)c5ccc(-c6ccc(-c7ccccc7)cc6)cc5)cc(N(c5ccc(-c6ccc7oc8ccccc8c7c6)cc5)c5cccc6ccccc56)c4)cc3)cc2)cc1. The first-order chi connectivity index (χ1) is 42.6. The van der Waals surface area contributed by atoms with Crippen LogP contribution in [0.5, 0.6) is 0 Å². The topological polar surface area (TPSA) is 22.9 Å². The van der Waals surface area contributed by atoms with Crippen molar-refractivity contribution in [3.8, 4) is 55.6 Å². The molecule has 1 aromatic heterocycles. The maximum atomic E-state index is 6.26. The van der Waals surface area contributed by atoms with Crippen molar-refractivity contribution >= 4 is 83.9 Å². The van der Waals surface area contributed by atoms with Gasteiger partial charge in [0.1, 0.15) is 11.2 Å². The maximum absolute atomic E-state index is 6.26. The molecule has 4 heteroatoms. The van der Waals surface area contributed by atoms with Crippen LogP contribution in [0.25, 0.3) is 88.3 Å². The zero-order valence-corrected chi connectivity index (χ0v) is 47.2. The summed E-state index contributed by atoms with van der Waals surface area (Å²) in [5.41, 5.74) is 22.6. The molecule has 0 fully saturated rings. The number of hydrogen-bond acceptors (Lipinski definition) is 4. The number of anilines is 9. The van der Waals surface area contributed by atoms with Crippen LogP contribution < -0.4 is 14.7 Å². The van der Waals surface area contributed by atoms with E-state index in [1.807, 2.05) is 12.1 Å². The Morgan fingerprint density at radius 1 is 0.174 bits per heavy atom. The van der Waals surface area contributed by atoms with E-state index in [1.165, 1.54) is 22.3 Å². The Bertz CT molecular complexity index is 4620. The molecule has 0 amide bonds. The fourth-order valence-electron chi connectivity index (χ4n) is 12.1. The van der Waals surface area contributed by atoms with Crippen LogP contribution in [-0.4, -0.2) is 0 Å². The van der Waals surface area contributed by atoms with E-state index < -0.39 is 0 Å². The number of hydrogen-bond donors (Lipinski definition) is 0. The Labute approximate surface area is 501 Å². The second-order valence-corrected chi connectivity index (χ2v) is 21.7. The summed E-state index contributed by atoms with van der Waals surface area (Å²) in [5.74, 6) is 0. The quantitative estimate of drug-likeness (QED) is 0.108. The molecule has 0 aliphatic heterocycles. The Morgan fingerprint density at radius 2 is 0.488 bits per heavy atom. The van der Waals surface area contributed by atoms with Crippen LogP contribution in [0, 0.1) is 0 Å². The van der Waals surface area contributed by atoms with E-state index in [-0.39, 0.29) is 0 Å². The van der Waals surface area contributed by atoms with Gasteiger partial charge in [0, 0.05) is 44.6 Å². The molecular formula is C82H57N3O. The first kappa shape index (κ1) is 51.4. The Kier molecular flexibility index (Phi) is 13.6. The molecule has 0 spiro atoms. The normalized spacial score (nSPS) is 11.3. The van der Waals surface area contributed by atoms with Gasteiger partial charge in [0.25, 0.3) is 0 Å². The summed E-state index contributed by atoms with van der Waals surface area (Å²) in [6.45, 7) is 0. The monoisotopic (exact) mass is 1100 g/mol. The van der Waals surface area contributed by atoms with Crippen LogP contribution in [0.15, 0.2) is 350 Å². The molecule has 0 aliphatic rings. The highest BCUT2D eigenvalue weighted by atomic mass is 16.3. The minimum atomic E-state index is 0.882. The van der Waals surface area contributed by atoms with E-state index in [0.717, 1.165) is 117 Å². The maximum Gasteiger partial charge on any atom is 0.135 e. The minimum Gasteiger partial charge on any atom is -0.456 e. The van der Waals surface area contributed by atoms with Crippen molar-refractivity contribution in [3.05, 3.63) is 346 Å². The van der Waals surface area contributed by atoms with E-state index >= 15 is 0 Å². The second kappa shape index (κ2) is 22.7. The Hall–Kier alpha value is -11.5. The lowest BCUT2D eigenvalue weighted by Crippen LogP contribution is -2.16. The summed E-state index contributed by atoms with van der Waals surface area (Å²) in [6.07, 6.45) is 0. The number of nitrogens with zero attached hydrogens (tertiary/aromatic N) is 3. The zero-order chi connectivity index (χ0) is 57.2. The van der Waals surface area contributed by atoms with Crippen molar-refractivity contribution in [2.75, 3.05) is 14.7 Å². The molecule has 0 N–H and O–H groups in total. The average Bonchev–Trinajstić information content (AvgIpc) is 1.68. The summed E-state index contributed by atoms with van der Waals surface area (Å²) in [4.78, 5) is 7.21. The van der Waals surface area contributed by atoms with Crippen molar-refractivity contribution in [2.24, 2.45) is 0 Å². The van der Waals surface area contributed by atoms with Crippen LogP contribution >= 0.6 is 0 Å². The molecule has 4 nitrogen and oxygen atoms in total. The summed E-state index contributed by atoms with van der Waals surface area (Å²) >= 11 is 0. The van der Waals surface area contributed by atoms with Crippen molar-refractivity contribution in [2.45, 2.75) is 0 Å². The number of benzene rings is 14. The summed E-state index contributed by atoms with van der Waals surface area (Å²) < 4.78 is 6.26. The first-order valence-electron chi connectivity index (χ1n) is 29.3. The van der Waals surface area contributed by atoms with Crippen LogP contribution in [0.4, 0.5) is 51.2 Å². The van der Waals surface area contributed by atoms with Gasteiger partial charge in [-0.1, -0.05) is 243 Å². The lowest BCUT2D eigenvalue weighted by atomic mass is 10.00. The van der Waals surface area contributed by atoms with Crippen molar-refractivity contribution in [3.63, 3.8) is 0 Å². The van der Waals surface area contributed by atoms with Crippen LogP contribution in [0.3, 0.4) is 0 Å². The molecule has 406 valence electrons. The fraction of sp³-hybridized carbons (Fsp3) is 0. The van der Waals surface area contributed by atoms with Gasteiger partial charge in [-0.2, -0.15) is 0 Å². The van der Waals surface area contributed by atoms with E-state index in [1.54, 1.807) is 0 Å². The zero-order valence-electron chi connectivity index (χ0n) is 47.2. The van der Waals surface area contributed by atoms with Gasteiger partial charge < -0.3 is 19.1 Å². The van der Waals surface area contributed by atoms with Crippen molar-refractivity contribution in [1.82, 2.24) is 0 Å². The van der Waals surface area contributed by atoms with Gasteiger partial charge >= 0.3 is 0 Å². The average molecular weight is 1100 g/mol. The molecule has 86 heavy (non-hydrogen) atoms. The molecule has 0 atom stereocenters. The smallest absolute Gasteiger partial charge is 0.135 e. The predicted octanol–water partition coefficient (Wildman–Crippen LogP) is 23.5. The molecule has 0 unspecified atom stereocenters. The van der Waals surface area contributed by atoms with Gasteiger partial charge in [-0.3, -0.25) is 0 Å². The summed E-state index contributed by atoms with van der Waals surface area (Å²) in [6, 6.07) is 125. The van der Waals surface area contributed by atoms with Gasteiger partial charge in [-0.15, -0.1) is 0 Å². The largest absolute Gasteiger partial charge is 0.456 e. The number of furan rings is 1. The summed E-state index contributed by atoms with van der Waals surface area (Å²) in [5, 5.41) is 4.52. The molecular weight excluding hydrogens is 1040 g/mol. The highest BCUT2D eigenvalue weighted by Crippen LogP contribution is 2.48. The molecule has 0 aliphatic carbocycles. The number of fused-ring (bicyclic) bond motifs is 4. The fourth-order valence-corrected chi connectivity index (χ4v) is 12.1. The lowest BCUT2D eigenvalue weighted by molar-refractivity contribution is 0.669. The van der Waals surface area contributed by atoms with Crippen LogP contribution in [0.1, 0.15) is 0 Å².